The van der Waals surface area contributed by atoms with Crippen molar-refractivity contribution in [2.75, 3.05) is 39.9 Å². The molecule has 4 rings (SSSR count). The molecule has 1 fully saturated rings. The van der Waals surface area contributed by atoms with Crippen LogP contribution in [0.4, 0.5) is 0 Å². The Hall–Kier alpha value is -4.10. The van der Waals surface area contributed by atoms with Crippen LogP contribution in [0.25, 0.3) is 16.5 Å². The summed E-state index contributed by atoms with van der Waals surface area (Å²) in [5.74, 6) is -0.106. The van der Waals surface area contributed by atoms with Gasteiger partial charge in [0.25, 0.3) is 11.7 Å². The van der Waals surface area contributed by atoms with Gasteiger partial charge in [-0.2, -0.15) is 0 Å². The Kier molecular flexibility index (Phi) is 8.48. The lowest BCUT2D eigenvalue weighted by molar-refractivity contribution is -0.140. The largest absolute Gasteiger partial charge is 0.507 e. The number of ether oxygens (including phenoxy) is 2. The highest BCUT2D eigenvalue weighted by Gasteiger charge is 2.46. The van der Waals surface area contributed by atoms with Gasteiger partial charge >= 0.3 is 0 Å². The van der Waals surface area contributed by atoms with Gasteiger partial charge in [-0.25, -0.2) is 0 Å². The summed E-state index contributed by atoms with van der Waals surface area (Å²) < 4.78 is 10.9. The molecule has 1 unspecified atom stereocenters. The SMILES string of the molecule is C=CCOc1ccc(C2/C(=C(\O)c3ccc4cc(OC)ccc4c3)C(=O)C(=O)N2CCN(CC)CC)cc1. The molecule has 0 radical (unpaired) electrons. The summed E-state index contributed by atoms with van der Waals surface area (Å²) in [6.07, 6.45) is 1.66. The number of likely N-dealkylation sites (N-methyl/N-ethyl adjacent to an activating group) is 1. The Labute approximate surface area is 223 Å². The molecule has 7 heteroatoms. The number of rotatable bonds is 11. The van der Waals surface area contributed by atoms with Crippen molar-refractivity contribution in [1.82, 2.24) is 9.80 Å². The van der Waals surface area contributed by atoms with Crippen LogP contribution in [0, 0.1) is 0 Å². The first-order valence-corrected chi connectivity index (χ1v) is 12.8. The van der Waals surface area contributed by atoms with Crippen molar-refractivity contribution in [3.8, 4) is 11.5 Å². The number of likely N-dealkylation sites (tertiary alicyclic amines) is 1. The first-order chi connectivity index (χ1) is 18.4. The second-order valence-electron chi connectivity index (χ2n) is 9.12. The van der Waals surface area contributed by atoms with Crippen LogP contribution >= 0.6 is 0 Å². The van der Waals surface area contributed by atoms with Gasteiger partial charge in [0.2, 0.25) is 0 Å². The van der Waals surface area contributed by atoms with E-state index in [4.69, 9.17) is 9.47 Å². The predicted octanol–water partition coefficient (Wildman–Crippen LogP) is 5.18. The van der Waals surface area contributed by atoms with Crippen LogP contribution in [0.2, 0.25) is 0 Å². The molecule has 1 N–H and O–H groups in total. The van der Waals surface area contributed by atoms with Crippen LogP contribution in [0.1, 0.15) is 31.0 Å². The maximum Gasteiger partial charge on any atom is 0.295 e. The maximum absolute atomic E-state index is 13.4. The van der Waals surface area contributed by atoms with Crippen LogP contribution in [0.15, 0.2) is 78.9 Å². The van der Waals surface area contributed by atoms with E-state index in [1.807, 2.05) is 42.5 Å². The molecular weight excluding hydrogens is 480 g/mol. The van der Waals surface area contributed by atoms with Gasteiger partial charge in [-0.15, -0.1) is 0 Å². The number of aliphatic hydroxyl groups is 1. The summed E-state index contributed by atoms with van der Waals surface area (Å²) in [6.45, 7) is 10.8. The number of fused-ring (bicyclic) bond motifs is 1. The third-order valence-corrected chi connectivity index (χ3v) is 6.98. The van der Waals surface area contributed by atoms with E-state index in [0.29, 0.717) is 31.0 Å². The van der Waals surface area contributed by atoms with E-state index in [-0.39, 0.29) is 11.3 Å². The standard InChI is InChI=1S/C31H34N2O5/c1-5-18-38-25-13-10-21(11-14-25)28-27(30(35)31(36)33(28)17-16-32(6-2)7-3)29(34)24-9-8-23-20-26(37-4)15-12-22(23)19-24/h5,8-15,19-20,28,34H,1,6-7,16-18H2,2-4H3/b29-27+. The minimum atomic E-state index is -0.717. The molecule has 0 aromatic heterocycles. The van der Waals surface area contributed by atoms with Crippen molar-refractivity contribution in [3.05, 3.63) is 90.0 Å². The molecule has 0 saturated carbocycles. The number of hydrogen-bond donors (Lipinski definition) is 1. The molecule has 1 amide bonds. The number of ketones is 1. The topological polar surface area (TPSA) is 79.3 Å². The number of hydrogen-bond acceptors (Lipinski definition) is 6. The van der Waals surface area contributed by atoms with E-state index in [2.05, 4.69) is 25.3 Å². The quantitative estimate of drug-likeness (QED) is 0.164. The Morgan fingerprint density at radius 1 is 1.00 bits per heavy atom. The highest BCUT2D eigenvalue weighted by atomic mass is 16.5. The molecule has 38 heavy (non-hydrogen) atoms. The number of benzene rings is 3. The van der Waals surface area contributed by atoms with Crippen molar-refractivity contribution in [2.45, 2.75) is 19.9 Å². The van der Waals surface area contributed by atoms with E-state index in [1.165, 1.54) is 0 Å². The summed E-state index contributed by atoms with van der Waals surface area (Å²) in [5.41, 5.74) is 1.28. The molecule has 1 atom stereocenters. The summed E-state index contributed by atoms with van der Waals surface area (Å²) in [4.78, 5) is 30.4. The number of Topliss-reactive ketones (excluding diaryl/α,β-unsaturated/α-hetero) is 1. The molecule has 3 aromatic rings. The van der Waals surface area contributed by atoms with Crippen molar-refractivity contribution in [3.63, 3.8) is 0 Å². The van der Waals surface area contributed by atoms with E-state index in [9.17, 15) is 14.7 Å². The van der Waals surface area contributed by atoms with E-state index >= 15 is 0 Å². The maximum atomic E-state index is 13.4. The van der Waals surface area contributed by atoms with Gasteiger partial charge < -0.3 is 24.4 Å². The summed E-state index contributed by atoms with van der Waals surface area (Å²) in [7, 11) is 1.61. The highest BCUT2D eigenvalue weighted by molar-refractivity contribution is 6.46. The van der Waals surface area contributed by atoms with Gasteiger partial charge in [0.05, 0.1) is 18.7 Å². The van der Waals surface area contributed by atoms with Crippen LogP contribution in [-0.2, 0) is 9.59 Å². The van der Waals surface area contributed by atoms with E-state index in [0.717, 1.165) is 35.2 Å². The number of nitrogens with zero attached hydrogens (tertiary/aromatic N) is 2. The summed E-state index contributed by atoms with van der Waals surface area (Å²) in [6, 6.07) is 17.6. The highest BCUT2D eigenvalue weighted by Crippen LogP contribution is 2.40. The van der Waals surface area contributed by atoms with E-state index in [1.54, 1.807) is 36.3 Å². The van der Waals surface area contributed by atoms with Crippen molar-refractivity contribution in [2.24, 2.45) is 0 Å². The number of carbonyl (C=O) groups excluding carboxylic acids is 2. The molecular formula is C31H34N2O5. The average molecular weight is 515 g/mol. The third-order valence-electron chi connectivity index (χ3n) is 6.98. The van der Waals surface area contributed by atoms with Gasteiger partial charge in [-0.05, 0) is 59.8 Å². The van der Waals surface area contributed by atoms with Gasteiger partial charge in [-0.1, -0.05) is 56.8 Å². The van der Waals surface area contributed by atoms with Crippen LogP contribution in [0.3, 0.4) is 0 Å². The zero-order valence-electron chi connectivity index (χ0n) is 22.1. The van der Waals surface area contributed by atoms with Crippen LogP contribution in [0.5, 0.6) is 11.5 Å². The van der Waals surface area contributed by atoms with Crippen LogP contribution in [-0.4, -0.2) is 66.5 Å². The Morgan fingerprint density at radius 3 is 2.32 bits per heavy atom. The minimum absolute atomic E-state index is 0.0853. The van der Waals surface area contributed by atoms with E-state index < -0.39 is 17.7 Å². The van der Waals surface area contributed by atoms with Gasteiger partial charge in [-0.3, -0.25) is 9.59 Å². The van der Waals surface area contributed by atoms with Gasteiger partial charge in [0.15, 0.2) is 0 Å². The van der Waals surface area contributed by atoms with Gasteiger partial charge in [0.1, 0.15) is 23.9 Å². The Bertz CT molecular complexity index is 1360. The predicted molar refractivity (Wildman–Crippen MR) is 149 cm³/mol. The van der Waals surface area contributed by atoms with Crippen molar-refractivity contribution in [1.29, 1.82) is 0 Å². The summed E-state index contributed by atoms with van der Waals surface area (Å²) >= 11 is 0. The lowest BCUT2D eigenvalue weighted by Gasteiger charge is -2.28. The molecule has 1 heterocycles. The molecule has 7 nitrogen and oxygen atoms in total. The molecule has 0 bridgehead atoms. The number of amides is 1. The molecule has 1 aliphatic heterocycles. The molecule has 198 valence electrons. The van der Waals surface area contributed by atoms with Gasteiger partial charge in [0, 0.05) is 18.7 Å². The number of methoxy groups -OCH3 is 1. The fourth-order valence-corrected chi connectivity index (χ4v) is 4.80. The molecule has 1 aliphatic rings. The zero-order valence-corrected chi connectivity index (χ0v) is 22.1. The zero-order chi connectivity index (χ0) is 27.2. The second-order valence-corrected chi connectivity index (χ2v) is 9.12. The van der Waals surface area contributed by atoms with Crippen LogP contribution < -0.4 is 9.47 Å². The molecule has 0 aliphatic carbocycles. The fraction of sp³-hybridized carbons (Fsp3) is 0.290. The lowest BCUT2D eigenvalue weighted by Crippen LogP contribution is -2.38. The number of carbonyl (C=O) groups is 2. The molecule has 3 aromatic carbocycles. The first kappa shape index (κ1) is 26.9. The fourth-order valence-electron chi connectivity index (χ4n) is 4.80. The number of aliphatic hydroxyl groups excluding tert-OH is 1. The smallest absolute Gasteiger partial charge is 0.295 e. The second kappa shape index (κ2) is 12.0. The Morgan fingerprint density at radius 2 is 1.66 bits per heavy atom. The Balaban J connectivity index is 1.78. The van der Waals surface area contributed by atoms with Crippen molar-refractivity contribution < 1.29 is 24.2 Å². The first-order valence-electron chi connectivity index (χ1n) is 12.8. The molecule has 1 saturated heterocycles. The average Bonchev–Trinajstić information content (AvgIpc) is 3.20. The third kappa shape index (κ3) is 5.43. The van der Waals surface area contributed by atoms with Crippen molar-refractivity contribution >= 4 is 28.2 Å². The molecule has 0 spiro atoms. The minimum Gasteiger partial charge on any atom is -0.507 e. The normalized spacial score (nSPS) is 16.8. The summed E-state index contributed by atoms with van der Waals surface area (Å²) in [5, 5.41) is 13.3. The lowest BCUT2D eigenvalue weighted by atomic mass is 9.94. The monoisotopic (exact) mass is 514 g/mol.